The molecule has 0 bridgehead atoms. The monoisotopic (exact) mass is 291 g/mol. The van der Waals surface area contributed by atoms with Crippen LogP contribution in [-0.4, -0.2) is 46.9 Å². The van der Waals surface area contributed by atoms with Gasteiger partial charge >= 0.3 is 0 Å². The van der Waals surface area contributed by atoms with E-state index < -0.39 is 0 Å². The standard InChI is InChI=1S/C15H21N3OS/c1-10-15(19)18(14(16-10)11-5-8-20-9-11)13-4-7-17-6-2-3-12(13)17/h5,8-10,12-14,16H,2-4,6-7H2,1H3. The van der Waals surface area contributed by atoms with Crippen molar-refractivity contribution in [1.82, 2.24) is 15.1 Å². The van der Waals surface area contributed by atoms with Gasteiger partial charge in [-0.15, -0.1) is 0 Å². The van der Waals surface area contributed by atoms with Gasteiger partial charge in [-0.05, 0) is 55.1 Å². The molecule has 3 fully saturated rings. The van der Waals surface area contributed by atoms with Crippen molar-refractivity contribution in [1.29, 1.82) is 0 Å². The highest BCUT2D eigenvalue weighted by Crippen LogP contribution is 2.37. The van der Waals surface area contributed by atoms with Crippen LogP contribution in [0.3, 0.4) is 0 Å². The minimum Gasteiger partial charge on any atom is -0.317 e. The van der Waals surface area contributed by atoms with E-state index in [9.17, 15) is 4.79 Å². The summed E-state index contributed by atoms with van der Waals surface area (Å²) in [6.07, 6.45) is 3.74. The van der Waals surface area contributed by atoms with E-state index in [0.717, 1.165) is 13.0 Å². The molecule has 0 radical (unpaired) electrons. The zero-order valence-electron chi connectivity index (χ0n) is 11.8. The Morgan fingerprint density at radius 2 is 2.20 bits per heavy atom. The Labute approximate surface area is 123 Å². The van der Waals surface area contributed by atoms with Crippen LogP contribution in [0.25, 0.3) is 0 Å². The first-order chi connectivity index (χ1) is 9.75. The van der Waals surface area contributed by atoms with Crippen molar-refractivity contribution < 1.29 is 4.79 Å². The van der Waals surface area contributed by atoms with Gasteiger partial charge in [0, 0.05) is 12.6 Å². The first kappa shape index (κ1) is 12.8. The summed E-state index contributed by atoms with van der Waals surface area (Å²) < 4.78 is 0. The van der Waals surface area contributed by atoms with Gasteiger partial charge in [0.15, 0.2) is 0 Å². The highest BCUT2D eigenvalue weighted by atomic mass is 32.1. The molecule has 4 rings (SSSR count). The van der Waals surface area contributed by atoms with Crippen LogP contribution < -0.4 is 5.32 Å². The van der Waals surface area contributed by atoms with Crippen molar-refractivity contribution in [3.8, 4) is 0 Å². The van der Waals surface area contributed by atoms with E-state index >= 15 is 0 Å². The highest BCUT2D eigenvalue weighted by molar-refractivity contribution is 7.07. The average molecular weight is 291 g/mol. The normalized spacial score (nSPS) is 37.9. The number of carbonyl (C=O) groups excluding carboxylic acids is 1. The third-order valence-electron chi connectivity index (χ3n) is 5.10. The van der Waals surface area contributed by atoms with E-state index in [2.05, 4.69) is 31.9 Å². The van der Waals surface area contributed by atoms with Gasteiger partial charge in [0.1, 0.15) is 6.17 Å². The number of nitrogens with one attached hydrogen (secondary N) is 1. The van der Waals surface area contributed by atoms with Crippen LogP contribution in [0.5, 0.6) is 0 Å². The molecule has 108 valence electrons. The highest BCUT2D eigenvalue weighted by Gasteiger charge is 2.48. The Hall–Kier alpha value is -0.910. The smallest absolute Gasteiger partial charge is 0.241 e. The molecule has 1 aromatic heterocycles. The zero-order chi connectivity index (χ0) is 13.7. The van der Waals surface area contributed by atoms with Crippen molar-refractivity contribution in [2.75, 3.05) is 13.1 Å². The first-order valence-corrected chi connectivity index (χ1v) is 8.54. The molecular formula is C15H21N3OS. The van der Waals surface area contributed by atoms with Crippen LogP contribution in [0.4, 0.5) is 0 Å². The fourth-order valence-electron chi connectivity index (χ4n) is 4.16. The number of thiophene rings is 1. The fraction of sp³-hybridized carbons (Fsp3) is 0.667. The summed E-state index contributed by atoms with van der Waals surface area (Å²) in [5.41, 5.74) is 1.24. The lowest BCUT2D eigenvalue weighted by Crippen LogP contribution is -2.45. The summed E-state index contributed by atoms with van der Waals surface area (Å²) in [5.74, 6) is 0.278. The molecule has 0 aromatic carbocycles. The maximum absolute atomic E-state index is 12.6. The van der Waals surface area contributed by atoms with E-state index in [-0.39, 0.29) is 18.1 Å². The lowest BCUT2D eigenvalue weighted by Gasteiger charge is -2.33. The van der Waals surface area contributed by atoms with Gasteiger partial charge in [-0.3, -0.25) is 15.0 Å². The average Bonchev–Trinajstić information content (AvgIpc) is 3.16. The number of hydrogen-bond donors (Lipinski definition) is 1. The fourth-order valence-corrected chi connectivity index (χ4v) is 4.84. The molecule has 1 amide bonds. The molecule has 0 spiro atoms. The molecule has 3 aliphatic heterocycles. The van der Waals surface area contributed by atoms with Crippen molar-refractivity contribution >= 4 is 17.2 Å². The second kappa shape index (κ2) is 4.83. The molecule has 4 unspecified atom stereocenters. The molecule has 4 nitrogen and oxygen atoms in total. The maximum atomic E-state index is 12.6. The lowest BCUT2D eigenvalue weighted by molar-refractivity contribution is -0.132. The molecule has 3 saturated heterocycles. The number of nitrogens with zero attached hydrogens (tertiary/aromatic N) is 2. The summed E-state index contributed by atoms with van der Waals surface area (Å²) in [7, 11) is 0. The SMILES string of the molecule is CC1NC(c2ccsc2)N(C2CCN3CCCC23)C1=O. The molecular weight excluding hydrogens is 270 g/mol. The van der Waals surface area contributed by atoms with E-state index in [1.165, 1.54) is 24.9 Å². The number of carbonyl (C=O) groups is 1. The molecule has 0 saturated carbocycles. The number of amides is 1. The lowest BCUT2D eigenvalue weighted by atomic mass is 10.0. The number of hydrogen-bond acceptors (Lipinski definition) is 4. The van der Waals surface area contributed by atoms with Crippen molar-refractivity contribution in [3.05, 3.63) is 22.4 Å². The zero-order valence-corrected chi connectivity index (χ0v) is 12.6. The molecule has 5 heteroatoms. The van der Waals surface area contributed by atoms with Crippen molar-refractivity contribution in [2.45, 2.75) is 50.5 Å². The third kappa shape index (κ3) is 1.84. The van der Waals surface area contributed by atoms with Crippen LogP contribution in [0.2, 0.25) is 0 Å². The number of fused-ring (bicyclic) bond motifs is 1. The second-order valence-electron chi connectivity index (χ2n) is 6.19. The molecule has 4 heterocycles. The van der Waals surface area contributed by atoms with Gasteiger partial charge in [0.25, 0.3) is 0 Å². The summed E-state index contributed by atoms with van der Waals surface area (Å²) in [5, 5.41) is 7.74. The molecule has 3 aliphatic rings. The molecule has 20 heavy (non-hydrogen) atoms. The Balaban J connectivity index is 1.65. The summed E-state index contributed by atoms with van der Waals surface area (Å²) in [4.78, 5) is 17.4. The van der Waals surface area contributed by atoms with Crippen LogP contribution in [-0.2, 0) is 4.79 Å². The van der Waals surface area contributed by atoms with Gasteiger partial charge in [-0.1, -0.05) is 0 Å². The molecule has 4 atom stereocenters. The Morgan fingerprint density at radius 1 is 1.30 bits per heavy atom. The maximum Gasteiger partial charge on any atom is 0.241 e. The topological polar surface area (TPSA) is 35.6 Å². The summed E-state index contributed by atoms with van der Waals surface area (Å²) in [6.45, 7) is 4.36. The Kier molecular flexibility index (Phi) is 3.09. The van der Waals surface area contributed by atoms with E-state index in [1.807, 2.05) is 6.92 Å². The van der Waals surface area contributed by atoms with Gasteiger partial charge in [-0.25, -0.2) is 0 Å². The minimum atomic E-state index is -0.0599. The predicted molar refractivity (Wildman–Crippen MR) is 79.5 cm³/mol. The largest absolute Gasteiger partial charge is 0.317 e. The van der Waals surface area contributed by atoms with Gasteiger partial charge in [-0.2, -0.15) is 11.3 Å². The van der Waals surface area contributed by atoms with Crippen molar-refractivity contribution in [3.63, 3.8) is 0 Å². The van der Waals surface area contributed by atoms with Crippen LogP contribution >= 0.6 is 11.3 Å². The van der Waals surface area contributed by atoms with E-state index in [1.54, 1.807) is 11.3 Å². The Morgan fingerprint density at radius 3 is 3.00 bits per heavy atom. The van der Waals surface area contributed by atoms with Crippen molar-refractivity contribution in [2.24, 2.45) is 0 Å². The number of rotatable bonds is 2. The molecule has 1 aromatic rings. The second-order valence-corrected chi connectivity index (χ2v) is 6.97. The van der Waals surface area contributed by atoms with Gasteiger partial charge < -0.3 is 4.90 Å². The molecule has 0 aliphatic carbocycles. The first-order valence-electron chi connectivity index (χ1n) is 7.60. The van der Waals surface area contributed by atoms with Crippen LogP contribution in [0.15, 0.2) is 16.8 Å². The van der Waals surface area contributed by atoms with Crippen LogP contribution in [0.1, 0.15) is 37.9 Å². The molecule has 1 N–H and O–H groups in total. The predicted octanol–water partition coefficient (Wildman–Crippen LogP) is 1.80. The quantitative estimate of drug-likeness (QED) is 0.902. The third-order valence-corrected chi connectivity index (χ3v) is 5.80. The summed E-state index contributed by atoms with van der Waals surface area (Å²) in [6, 6.07) is 3.07. The minimum absolute atomic E-state index is 0.0599. The van der Waals surface area contributed by atoms with Gasteiger partial charge in [0.05, 0.1) is 12.1 Å². The summed E-state index contributed by atoms with van der Waals surface area (Å²) >= 11 is 1.70. The van der Waals surface area contributed by atoms with E-state index in [4.69, 9.17) is 0 Å². The van der Waals surface area contributed by atoms with E-state index in [0.29, 0.717) is 12.1 Å². The Bertz CT molecular complexity index is 503. The van der Waals surface area contributed by atoms with Crippen LogP contribution in [0, 0.1) is 0 Å². The van der Waals surface area contributed by atoms with Gasteiger partial charge in [0.2, 0.25) is 5.91 Å².